The average Bonchev–Trinajstić information content (AvgIpc) is 3.01. The smallest absolute Gasteiger partial charge is 0.125 e. The standard InChI is InChI=1S/C40H74O2/c1-3-5-7-9-11-13-15-17-18-19-21-23-25-27-29-31-35-42-40-36-38(33-34-39(40)37-41)32-30-28-26-24-22-20-16-14-12-10-8-6-4-2/h33-34,36,41H,3-32,35,37H2,1-2H3. The molecule has 2 nitrogen and oxygen atoms in total. The van der Waals surface area contributed by atoms with Gasteiger partial charge in [0, 0.05) is 5.56 Å². The summed E-state index contributed by atoms with van der Waals surface area (Å²) >= 11 is 0. The van der Waals surface area contributed by atoms with E-state index in [-0.39, 0.29) is 6.61 Å². The molecule has 0 fully saturated rings. The molecule has 1 aromatic carbocycles. The molecule has 1 N–H and O–H groups in total. The summed E-state index contributed by atoms with van der Waals surface area (Å²) in [4.78, 5) is 0. The van der Waals surface area contributed by atoms with Gasteiger partial charge in [-0.25, -0.2) is 0 Å². The molecule has 0 amide bonds. The molecule has 1 aromatic rings. The van der Waals surface area contributed by atoms with E-state index in [1.165, 1.54) is 185 Å². The van der Waals surface area contributed by atoms with Crippen molar-refractivity contribution >= 4 is 0 Å². The fourth-order valence-corrected chi connectivity index (χ4v) is 6.20. The van der Waals surface area contributed by atoms with Gasteiger partial charge in [0.1, 0.15) is 5.75 Å². The van der Waals surface area contributed by atoms with Crippen LogP contribution in [-0.2, 0) is 13.0 Å². The summed E-state index contributed by atoms with van der Waals surface area (Å²) in [5.41, 5.74) is 2.29. The Morgan fingerprint density at radius 3 is 1.19 bits per heavy atom. The summed E-state index contributed by atoms with van der Waals surface area (Å²) in [6, 6.07) is 6.45. The number of aliphatic hydroxyl groups is 1. The molecule has 246 valence electrons. The van der Waals surface area contributed by atoms with Crippen molar-refractivity contribution in [3.8, 4) is 5.75 Å². The van der Waals surface area contributed by atoms with Crippen LogP contribution >= 0.6 is 0 Å². The lowest BCUT2D eigenvalue weighted by atomic mass is 10.0. The Balaban J connectivity index is 1.98. The van der Waals surface area contributed by atoms with Crippen LogP contribution < -0.4 is 4.74 Å². The first kappa shape index (κ1) is 39.0. The molecule has 0 aliphatic carbocycles. The van der Waals surface area contributed by atoms with E-state index in [9.17, 15) is 5.11 Å². The summed E-state index contributed by atoms with van der Waals surface area (Å²) in [6.07, 6.45) is 41.5. The van der Waals surface area contributed by atoms with Crippen molar-refractivity contribution in [2.45, 2.75) is 213 Å². The largest absolute Gasteiger partial charge is 0.493 e. The van der Waals surface area contributed by atoms with Gasteiger partial charge in [0.15, 0.2) is 0 Å². The molecule has 0 aromatic heterocycles. The van der Waals surface area contributed by atoms with Gasteiger partial charge in [0.05, 0.1) is 13.2 Å². The van der Waals surface area contributed by atoms with Crippen LogP contribution in [0.2, 0.25) is 0 Å². The minimum Gasteiger partial charge on any atom is -0.493 e. The van der Waals surface area contributed by atoms with Gasteiger partial charge in [-0.15, -0.1) is 0 Å². The first-order valence-corrected chi connectivity index (χ1v) is 19.2. The van der Waals surface area contributed by atoms with Crippen LogP contribution in [0.4, 0.5) is 0 Å². The van der Waals surface area contributed by atoms with Gasteiger partial charge >= 0.3 is 0 Å². The molecule has 0 aliphatic rings. The van der Waals surface area contributed by atoms with E-state index < -0.39 is 0 Å². The van der Waals surface area contributed by atoms with Gasteiger partial charge in [-0.1, -0.05) is 199 Å². The number of unbranched alkanes of at least 4 members (excludes halogenated alkanes) is 27. The van der Waals surface area contributed by atoms with Gasteiger partial charge in [0.2, 0.25) is 0 Å². The Kier molecular flexibility index (Phi) is 29.2. The third kappa shape index (κ3) is 24.4. The number of ether oxygens (including phenoxy) is 1. The molecule has 0 heterocycles. The van der Waals surface area contributed by atoms with Crippen molar-refractivity contribution < 1.29 is 9.84 Å². The van der Waals surface area contributed by atoms with Crippen molar-refractivity contribution in [2.24, 2.45) is 0 Å². The van der Waals surface area contributed by atoms with E-state index in [2.05, 4.69) is 32.0 Å². The zero-order valence-electron chi connectivity index (χ0n) is 28.7. The number of aryl methyl sites for hydroxylation is 1. The maximum Gasteiger partial charge on any atom is 0.125 e. The quantitative estimate of drug-likeness (QED) is 0.0830. The van der Waals surface area contributed by atoms with E-state index in [0.29, 0.717) is 0 Å². The number of rotatable bonds is 33. The van der Waals surface area contributed by atoms with Gasteiger partial charge in [-0.3, -0.25) is 0 Å². The van der Waals surface area contributed by atoms with Crippen LogP contribution in [0.25, 0.3) is 0 Å². The van der Waals surface area contributed by atoms with Crippen molar-refractivity contribution in [3.05, 3.63) is 29.3 Å². The highest BCUT2D eigenvalue weighted by atomic mass is 16.5. The highest BCUT2D eigenvalue weighted by Crippen LogP contribution is 2.23. The second kappa shape index (κ2) is 31.4. The van der Waals surface area contributed by atoms with Crippen LogP contribution in [-0.4, -0.2) is 11.7 Å². The molecule has 0 saturated heterocycles. The minimum atomic E-state index is 0.0628. The first-order chi connectivity index (χ1) is 20.8. The first-order valence-electron chi connectivity index (χ1n) is 19.2. The Morgan fingerprint density at radius 1 is 0.452 bits per heavy atom. The monoisotopic (exact) mass is 587 g/mol. The summed E-state index contributed by atoms with van der Waals surface area (Å²) < 4.78 is 6.15. The topological polar surface area (TPSA) is 29.5 Å². The third-order valence-electron chi connectivity index (χ3n) is 9.13. The lowest BCUT2D eigenvalue weighted by molar-refractivity contribution is 0.259. The molecule has 0 unspecified atom stereocenters. The summed E-state index contributed by atoms with van der Waals surface area (Å²) in [7, 11) is 0. The predicted octanol–water partition coefficient (Wildman–Crippen LogP) is 13.5. The molecule has 0 aliphatic heterocycles. The molecule has 0 spiro atoms. The second-order valence-corrected chi connectivity index (χ2v) is 13.2. The Hall–Kier alpha value is -1.02. The zero-order valence-corrected chi connectivity index (χ0v) is 28.7. The van der Waals surface area contributed by atoms with E-state index in [0.717, 1.165) is 30.8 Å². The van der Waals surface area contributed by atoms with Crippen LogP contribution in [0.5, 0.6) is 5.75 Å². The predicted molar refractivity (Wildman–Crippen MR) is 187 cm³/mol. The van der Waals surface area contributed by atoms with Gasteiger partial charge in [-0.05, 0) is 30.9 Å². The fraction of sp³-hybridized carbons (Fsp3) is 0.850. The van der Waals surface area contributed by atoms with E-state index in [4.69, 9.17) is 4.74 Å². The molecular weight excluding hydrogens is 512 g/mol. The van der Waals surface area contributed by atoms with Crippen LogP contribution in [0.15, 0.2) is 18.2 Å². The Morgan fingerprint density at radius 2 is 0.810 bits per heavy atom. The van der Waals surface area contributed by atoms with E-state index in [1.54, 1.807) is 0 Å². The normalized spacial score (nSPS) is 11.4. The maximum absolute atomic E-state index is 9.77. The molecule has 0 radical (unpaired) electrons. The maximum atomic E-state index is 9.77. The number of benzene rings is 1. The third-order valence-corrected chi connectivity index (χ3v) is 9.13. The number of aliphatic hydroxyl groups excluding tert-OH is 1. The highest BCUT2D eigenvalue weighted by molar-refractivity contribution is 5.37. The second-order valence-electron chi connectivity index (χ2n) is 13.2. The lowest BCUT2D eigenvalue weighted by Crippen LogP contribution is -2.01. The molecule has 0 saturated carbocycles. The van der Waals surface area contributed by atoms with Crippen molar-refractivity contribution in [1.29, 1.82) is 0 Å². The van der Waals surface area contributed by atoms with Gasteiger partial charge in [-0.2, -0.15) is 0 Å². The summed E-state index contributed by atoms with van der Waals surface area (Å²) in [5, 5.41) is 9.77. The fourth-order valence-electron chi connectivity index (χ4n) is 6.20. The molecule has 0 bridgehead atoms. The van der Waals surface area contributed by atoms with Crippen molar-refractivity contribution in [2.75, 3.05) is 6.61 Å². The zero-order chi connectivity index (χ0) is 30.2. The lowest BCUT2D eigenvalue weighted by Gasteiger charge is -2.12. The van der Waals surface area contributed by atoms with Crippen LogP contribution in [0.1, 0.15) is 211 Å². The Labute approximate surface area is 264 Å². The summed E-state index contributed by atoms with van der Waals surface area (Å²) in [5.74, 6) is 0.908. The highest BCUT2D eigenvalue weighted by Gasteiger charge is 2.05. The molecule has 0 atom stereocenters. The van der Waals surface area contributed by atoms with E-state index >= 15 is 0 Å². The van der Waals surface area contributed by atoms with Gasteiger partial charge < -0.3 is 9.84 Å². The van der Waals surface area contributed by atoms with Gasteiger partial charge in [0.25, 0.3) is 0 Å². The molecule has 1 rings (SSSR count). The molecule has 2 heteroatoms. The van der Waals surface area contributed by atoms with Crippen LogP contribution in [0.3, 0.4) is 0 Å². The number of hydrogen-bond acceptors (Lipinski definition) is 2. The summed E-state index contributed by atoms with van der Waals surface area (Å²) in [6.45, 7) is 5.42. The molecular formula is C40H74O2. The van der Waals surface area contributed by atoms with E-state index in [1.807, 2.05) is 0 Å². The SMILES string of the molecule is CCCCCCCCCCCCCCCCCCOc1cc(CCCCCCCCCCCCCCC)ccc1CO. The van der Waals surface area contributed by atoms with Crippen molar-refractivity contribution in [1.82, 2.24) is 0 Å². The van der Waals surface area contributed by atoms with Crippen molar-refractivity contribution in [3.63, 3.8) is 0 Å². The minimum absolute atomic E-state index is 0.0628. The Bertz CT molecular complexity index is 670. The van der Waals surface area contributed by atoms with Crippen LogP contribution in [0, 0.1) is 0 Å². The molecule has 42 heavy (non-hydrogen) atoms. The number of hydrogen-bond donors (Lipinski definition) is 1. The average molecular weight is 587 g/mol.